The van der Waals surface area contributed by atoms with Gasteiger partial charge in [-0.25, -0.2) is 0 Å². The summed E-state index contributed by atoms with van der Waals surface area (Å²) < 4.78 is 0. The van der Waals surface area contributed by atoms with Gasteiger partial charge in [-0.2, -0.15) is 0 Å². The zero-order chi connectivity index (χ0) is 13.2. The largest absolute Gasteiger partial charge is 0.391 e. The Kier molecular flexibility index (Phi) is 3.36. The van der Waals surface area contributed by atoms with Crippen LogP contribution in [0.1, 0.15) is 6.42 Å². The number of aliphatic hydroxyl groups excluding tert-OH is 1. The van der Waals surface area contributed by atoms with Gasteiger partial charge in [0, 0.05) is 23.7 Å². The van der Waals surface area contributed by atoms with Gasteiger partial charge in [0.2, 0.25) is 0 Å². The van der Waals surface area contributed by atoms with Crippen LogP contribution in [0.3, 0.4) is 0 Å². The van der Waals surface area contributed by atoms with Crippen LogP contribution < -0.4 is 4.90 Å². The predicted octanol–water partition coefficient (Wildman–Crippen LogP) is 2.37. The molecular formula is C14H14ClN3O. The summed E-state index contributed by atoms with van der Waals surface area (Å²) in [5.74, 6) is 0.814. The van der Waals surface area contributed by atoms with Crippen molar-refractivity contribution in [2.45, 2.75) is 12.5 Å². The number of hydrogen-bond acceptors (Lipinski definition) is 4. The molecule has 1 N–H and O–H groups in total. The molecule has 0 spiro atoms. The van der Waals surface area contributed by atoms with Crippen LogP contribution in [0.2, 0.25) is 5.02 Å². The molecule has 0 bridgehead atoms. The van der Waals surface area contributed by atoms with E-state index in [1.165, 1.54) is 0 Å². The first kappa shape index (κ1) is 12.4. The van der Waals surface area contributed by atoms with E-state index < -0.39 is 0 Å². The Hall–Kier alpha value is -1.65. The summed E-state index contributed by atoms with van der Waals surface area (Å²) in [7, 11) is 0. The SMILES string of the molecule is OC1CCN(c2ccc(-c3ccc(Cl)cc3)nn2)C1. The quantitative estimate of drug-likeness (QED) is 0.914. The average Bonchev–Trinajstić information content (AvgIpc) is 2.87. The molecule has 0 saturated carbocycles. The van der Waals surface area contributed by atoms with Gasteiger partial charge in [0.1, 0.15) is 0 Å². The molecule has 1 aromatic carbocycles. The van der Waals surface area contributed by atoms with Gasteiger partial charge in [0.25, 0.3) is 0 Å². The van der Waals surface area contributed by atoms with Gasteiger partial charge in [0.15, 0.2) is 5.82 Å². The fourth-order valence-electron chi connectivity index (χ4n) is 2.22. The number of rotatable bonds is 2. The Balaban J connectivity index is 1.80. The fraction of sp³-hybridized carbons (Fsp3) is 0.286. The summed E-state index contributed by atoms with van der Waals surface area (Å²) in [6.07, 6.45) is 0.540. The summed E-state index contributed by atoms with van der Waals surface area (Å²) in [5.41, 5.74) is 1.81. The molecule has 98 valence electrons. The molecule has 1 unspecified atom stereocenters. The van der Waals surface area contributed by atoms with Crippen molar-refractivity contribution in [2.24, 2.45) is 0 Å². The number of nitrogens with zero attached hydrogens (tertiary/aromatic N) is 3. The van der Waals surface area contributed by atoms with E-state index in [2.05, 4.69) is 10.2 Å². The Morgan fingerprint density at radius 2 is 1.89 bits per heavy atom. The number of hydrogen-bond donors (Lipinski definition) is 1. The average molecular weight is 276 g/mol. The van der Waals surface area contributed by atoms with Crippen molar-refractivity contribution in [3.8, 4) is 11.3 Å². The zero-order valence-electron chi connectivity index (χ0n) is 10.3. The topological polar surface area (TPSA) is 49.2 Å². The summed E-state index contributed by atoms with van der Waals surface area (Å²) >= 11 is 5.86. The predicted molar refractivity (Wildman–Crippen MR) is 75.3 cm³/mol. The number of aromatic nitrogens is 2. The zero-order valence-corrected chi connectivity index (χ0v) is 11.1. The lowest BCUT2D eigenvalue weighted by atomic mass is 10.1. The van der Waals surface area contributed by atoms with Gasteiger partial charge >= 0.3 is 0 Å². The van der Waals surface area contributed by atoms with Crippen LogP contribution in [-0.4, -0.2) is 34.5 Å². The Labute approximate surface area is 116 Å². The van der Waals surface area contributed by atoms with Crippen molar-refractivity contribution in [1.82, 2.24) is 10.2 Å². The van der Waals surface area contributed by atoms with Crippen LogP contribution in [0.5, 0.6) is 0 Å². The van der Waals surface area contributed by atoms with E-state index >= 15 is 0 Å². The molecule has 0 amide bonds. The van der Waals surface area contributed by atoms with E-state index in [1.54, 1.807) is 0 Å². The highest BCUT2D eigenvalue weighted by molar-refractivity contribution is 6.30. The molecule has 5 heteroatoms. The van der Waals surface area contributed by atoms with Gasteiger partial charge in [-0.05, 0) is 30.7 Å². The molecule has 0 radical (unpaired) electrons. The maximum Gasteiger partial charge on any atom is 0.151 e. The smallest absolute Gasteiger partial charge is 0.151 e. The van der Waals surface area contributed by atoms with Crippen LogP contribution in [0.4, 0.5) is 5.82 Å². The molecule has 1 aliphatic heterocycles. The molecule has 1 aliphatic rings. The van der Waals surface area contributed by atoms with E-state index in [4.69, 9.17) is 11.6 Å². The molecule has 0 aliphatic carbocycles. The second-order valence-corrected chi connectivity index (χ2v) is 5.11. The normalized spacial score (nSPS) is 18.8. The summed E-state index contributed by atoms with van der Waals surface area (Å²) in [4.78, 5) is 2.04. The standard InChI is InChI=1S/C14H14ClN3O/c15-11-3-1-10(2-4-11)13-5-6-14(17-16-13)18-8-7-12(19)9-18/h1-6,12,19H,7-9H2. The fourth-order valence-corrected chi connectivity index (χ4v) is 2.34. The third kappa shape index (κ3) is 2.69. The Bertz CT molecular complexity index is 556. The van der Waals surface area contributed by atoms with Gasteiger partial charge in [-0.3, -0.25) is 0 Å². The monoisotopic (exact) mass is 275 g/mol. The van der Waals surface area contributed by atoms with E-state index in [9.17, 15) is 5.11 Å². The van der Waals surface area contributed by atoms with E-state index in [-0.39, 0.29) is 6.10 Å². The first-order valence-electron chi connectivity index (χ1n) is 6.25. The Morgan fingerprint density at radius 3 is 2.47 bits per heavy atom. The molecule has 2 aromatic rings. The highest BCUT2D eigenvalue weighted by Gasteiger charge is 2.21. The third-order valence-corrected chi connectivity index (χ3v) is 3.53. The van der Waals surface area contributed by atoms with Crippen molar-refractivity contribution in [3.05, 3.63) is 41.4 Å². The number of aliphatic hydroxyl groups is 1. The van der Waals surface area contributed by atoms with Crippen LogP contribution in [0.15, 0.2) is 36.4 Å². The van der Waals surface area contributed by atoms with Crippen molar-refractivity contribution in [3.63, 3.8) is 0 Å². The molecule has 1 fully saturated rings. The van der Waals surface area contributed by atoms with Crippen LogP contribution in [-0.2, 0) is 0 Å². The van der Waals surface area contributed by atoms with Crippen molar-refractivity contribution in [1.29, 1.82) is 0 Å². The van der Waals surface area contributed by atoms with Gasteiger partial charge in [-0.15, -0.1) is 10.2 Å². The third-order valence-electron chi connectivity index (χ3n) is 3.28. The molecule has 2 heterocycles. The lowest BCUT2D eigenvalue weighted by Gasteiger charge is -2.15. The summed E-state index contributed by atoms with van der Waals surface area (Å²) in [6.45, 7) is 1.46. The second-order valence-electron chi connectivity index (χ2n) is 4.67. The van der Waals surface area contributed by atoms with E-state index in [0.29, 0.717) is 11.6 Å². The van der Waals surface area contributed by atoms with Crippen molar-refractivity contribution < 1.29 is 5.11 Å². The minimum Gasteiger partial charge on any atom is -0.391 e. The molecule has 3 rings (SSSR count). The van der Waals surface area contributed by atoms with Gasteiger partial charge < -0.3 is 10.0 Å². The lowest BCUT2D eigenvalue weighted by molar-refractivity contribution is 0.198. The van der Waals surface area contributed by atoms with E-state index in [1.807, 2.05) is 41.3 Å². The highest BCUT2D eigenvalue weighted by Crippen LogP contribution is 2.22. The summed E-state index contributed by atoms with van der Waals surface area (Å²) in [6, 6.07) is 11.4. The molecule has 1 atom stereocenters. The highest BCUT2D eigenvalue weighted by atomic mass is 35.5. The number of halogens is 1. The lowest BCUT2D eigenvalue weighted by Crippen LogP contribution is -2.22. The number of β-amino-alcohol motifs (C(OH)–C–C–N with tert-alkyl or cyclic N) is 1. The van der Waals surface area contributed by atoms with Gasteiger partial charge in [0.05, 0.1) is 11.8 Å². The van der Waals surface area contributed by atoms with E-state index in [0.717, 1.165) is 30.0 Å². The Morgan fingerprint density at radius 1 is 1.11 bits per heavy atom. The maximum absolute atomic E-state index is 9.52. The van der Waals surface area contributed by atoms with Crippen molar-refractivity contribution in [2.75, 3.05) is 18.0 Å². The van der Waals surface area contributed by atoms with Gasteiger partial charge in [-0.1, -0.05) is 23.7 Å². The first-order chi connectivity index (χ1) is 9.22. The minimum absolute atomic E-state index is 0.252. The number of anilines is 1. The van der Waals surface area contributed by atoms with Crippen molar-refractivity contribution >= 4 is 17.4 Å². The number of benzene rings is 1. The van der Waals surface area contributed by atoms with Crippen LogP contribution in [0.25, 0.3) is 11.3 Å². The molecule has 19 heavy (non-hydrogen) atoms. The van der Waals surface area contributed by atoms with Crippen LogP contribution in [0, 0.1) is 0 Å². The first-order valence-corrected chi connectivity index (χ1v) is 6.63. The molecular weight excluding hydrogens is 262 g/mol. The molecule has 1 aromatic heterocycles. The summed E-state index contributed by atoms with van der Waals surface area (Å²) in [5, 5.41) is 18.7. The molecule has 4 nitrogen and oxygen atoms in total. The minimum atomic E-state index is -0.252. The second kappa shape index (κ2) is 5.15. The van der Waals surface area contributed by atoms with Crippen LogP contribution >= 0.6 is 11.6 Å². The molecule has 1 saturated heterocycles. The maximum atomic E-state index is 9.52.